The Morgan fingerprint density at radius 2 is 1.79 bits per heavy atom. The monoisotopic (exact) mass is 528 g/mol. The molecule has 1 N–H and O–H groups in total. The first-order chi connectivity index (χ1) is 18.6. The van der Waals surface area contributed by atoms with Crippen LogP contribution in [0.5, 0.6) is 6.01 Å². The zero-order chi connectivity index (χ0) is 26.3. The molecule has 3 heterocycles. The number of aromatic nitrogens is 2. The molecule has 0 saturated carbocycles. The second-order valence-electron chi connectivity index (χ2n) is 9.00. The fraction of sp³-hybridized carbons (Fsp3) is 0.286. The number of hydrogen-bond donors (Lipinski definition) is 1. The molecule has 9 nitrogen and oxygen atoms in total. The van der Waals surface area contributed by atoms with Crippen LogP contribution in [0, 0.1) is 11.3 Å². The first-order valence-corrected chi connectivity index (χ1v) is 13.2. The molecular weight excluding hydrogens is 500 g/mol. The molecule has 5 rings (SSSR count). The van der Waals surface area contributed by atoms with Gasteiger partial charge in [0.05, 0.1) is 30.1 Å². The zero-order valence-electron chi connectivity index (χ0n) is 21.1. The van der Waals surface area contributed by atoms with Crippen LogP contribution < -0.4 is 10.1 Å². The van der Waals surface area contributed by atoms with E-state index in [1.165, 1.54) is 24.4 Å². The van der Waals surface area contributed by atoms with Crippen molar-refractivity contribution in [1.82, 2.24) is 19.8 Å². The van der Waals surface area contributed by atoms with Crippen LogP contribution in [0.3, 0.4) is 0 Å². The van der Waals surface area contributed by atoms with Gasteiger partial charge < -0.3 is 14.8 Å². The Hall–Kier alpha value is -3.91. The van der Waals surface area contributed by atoms with Crippen molar-refractivity contribution in [1.29, 1.82) is 5.26 Å². The van der Waals surface area contributed by atoms with Crippen LogP contribution in [0.15, 0.2) is 70.7 Å². The van der Waals surface area contributed by atoms with E-state index in [1.54, 1.807) is 12.3 Å². The van der Waals surface area contributed by atoms with Gasteiger partial charge in [0.15, 0.2) is 0 Å². The summed E-state index contributed by atoms with van der Waals surface area (Å²) in [4.78, 5) is 25.8. The van der Waals surface area contributed by atoms with E-state index in [0.717, 1.165) is 53.9 Å². The standard InChI is InChI=1S/C28H28N6O3S/c1-36-26(35)18-34-14-12-33(13-15-34)17-20-6-8-21(9-7-20)19-37-28-30-11-10-23(32-28)22(16-29)27-31-24-4-2-3-5-25(24)38-27/h2-11,31H,12-15,17-19H2,1H3/b27-22-. The van der Waals surface area contributed by atoms with Crippen LogP contribution in [0.2, 0.25) is 0 Å². The average Bonchev–Trinajstić information content (AvgIpc) is 3.38. The molecule has 2 aliphatic heterocycles. The quantitative estimate of drug-likeness (QED) is 0.343. The third-order valence-corrected chi connectivity index (χ3v) is 7.50. The van der Waals surface area contributed by atoms with Crippen LogP contribution in [0.1, 0.15) is 16.8 Å². The van der Waals surface area contributed by atoms with E-state index in [4.69, 9.17) is 9.47 Å². The number of carbonyl (C=O) groups excluding carboxylic acids is 1. The van der Waals surface area contributed by atoms with E-state index >= 15 is 0 Å². The molecule has 1 fully saturated rings. The summed E-state index contributed by atoms with van der Waals surface area (Å²) in [5, 5.41) is 13.9. The number of esters is 1. The van der Waals surface area contributed by atoms with Gasteiger partial charge in [-0.05, 0) is 29.3 Å². The third-order valence-electron chi connectivity index (χ3n) is 6.42. The number of allylic oxidation sites excluding steroid dienone is 1. The van der Waals surface area contributed by atoms with Crippen LogP contribution in [0.4, 0.5) is 5.69 Å². The molecule has 0 atom stereocenters. The minimum absolute atomic E-state index is 0.188. The number of ether oxygens (including phenoxy) is 2. The molecule has 10 heteroatoms. The van der Waals surface area contributed by atoms with Crippen LogP contribution in [-0.4, -0.2) is 65.6 Å². The van der Waals surface area contributed by atoms with Gasteiger partial charge in [-0.25, -0.2) is 4.98 Å². The van der Waals surface area contributed by atoms with Crippen LogP contribution >= 0.6 is 11.8 Å². The number of hydrogen-bond acceptors (Lipinski definition) is 10. The predicted molar refractivity (Wildman–Crippen MR) is 145 cm³/mol. The number of nitrogens with zero attached hydrogens (tertiary/aromatic N) is 5. The number of thioether (sulfide) groups is 1. The first-order valence-electron chi connectivity index (χ1n) is 12.3. The van der Waals surface area contributed by atoms with Crippen molar-refractivity contribution in [3.8, 4) is 12.1 Å². The average molecular weight is 529 g/mol. The van der Waals surface area contributed by atoms with Crippen LogP contribution in [0.25, 0.3) is 5.57 Å². The maximum Gasteiger partial charge on any atom is 0.319 e. The summed E-state index contributed by atoms with van der Waals surface area (Å²) in [6.07, 6.45) is 1.61. The number of anilines is 1. The van der Waals surface area contributed by atoms with Crippen molar-refractivity contribution >= 4 is 29.0 Å². The van der Waals surface area contributed by atoms with E-state index in [0.29, 0.717) is 24.4 Å². The number of carbonyl (C=O) groups is 1. The maximum atomic E-state index is 11.5. The number of rotatable bonds is 8. The highest BCUT2D eigenvalue weighted by atomic mass is 32.2. The van der Waals surface area contributed by atoms with Gasteiger partial charge in [-0.2, -0.15) is 10.2 Å². The number of nitrogens with one attached hydrogen (secondary N) is 1. The molecular formula is C28H28N6O3S. The molecule has 0 aliphatic carbocycles. The number of para-hydroxylation sites is 1. The molecule has 0 radical (unpaired) electrons. The fourth-order valence-corrected chi connectivity index (χ4v) is 5.31. The molecule has 2 aromatic carbocycles. The molecule has 0 amide bonds. The van der Waals surface area contributed by atoms with Gasteiger partial charge in [0.25, 0.3) is 0 Å². The van der Waals surface area contributed by atoms with Crippen molar-refractivity contribution < 1.29 is 14.3 Å². The minimum atomic E-state index is -0.188. The van der Waals surface area contributed by atoms with E-state index in [1.807, 2.05) is 36.4 Å². The Labute approximate surface area is 226 Å². The van der Waals surface area contributed by atoms with Crippen molar-refractivity contribution in [2.24, 2.45) is 0 Å². The Kier molecular flexibility index (Phi) is 8.19. The summed E-state index contributed by atoms with van der Waals surface area (Å²) in [7, 11) is 1.42. The van der Waals surface area contributed by atoms with Crippen LogP contribution in [-0.2, 0) is 22.7 Å². The van der Waals surface area contributed by atoms with Crippen molar-refractivity contribution in [3.05, 3.63) is 82.6 Å². The highest BCUT2D eigenvalue weighted by Crippen LogP contribution is 2.43. The van der Waals surface area contributed by atoms with Gasteiger partial charge in [0.1, 0.15) is 18.2 Å². The van der Waals surface area contributed by atoms with Gasteiger partial charge in [-0.3, -0.25) is 14.6 Å². The van der Waals surface area contributed by atoms with Gasteiger partial charge in [-0.15, -0.1) is 0 Å². The predicted octanol–water partition coefficient (Wildman–Crippen LogP) is 3.76. The third kappa shape index (κ3) is 6.31. The largest absolute Gasteiger partial charge is 0.468 e. The normalized spacial score (nSPS) is 16.7. The lowest BCUT2D eigenvalue weighted by Gasteiger charge is -2.34. The lowest BCUT2D eigenvalue weighted by Crippen LogP contribution is -2.47. The smallest absolute Gasteiger partial charge is 0.319 e. The number of nitriles is 1. The van der Waals surface area contributed by atoms with Crippen molar-refractivity contribution in [2.75, 3.05) is 45.2 Å². The summed E-state index contributed by atoms with van der Waals surface area (Å²) < 4.78 is 10.6. The summed E-state index contributed by atoms with van der Waals surface area (Å²) in [6, 6.07) is 20.5. The van der Waals surface area contributed by atoms with E-state index in [2.05, 4.69) is 43.3 Å². The molecule has 0 spiro atoms. The number of piperazine rings is 1. The minimum Gasteiger partial charge on any atom is -0.468 e. The topological polar surface area (TPSA) is 104 Å². The highest BCUT2D eigenvalue weighted by molar-refractivity contribution is 8.04. The highest BCUT2D eigenvalue weighted by Gasteiger charge is 2.21. The number of fused-ring (bicyclic) bond motifs is 1. The van der Waals surface area contributed by atoms with Gasteiger partial charge in [-0.1, -0.05) is 48.2 Å². The molecule has 0 unspecified atom stereocenters. The van der Waals surface area contributed by atoms with Gasteiger partial charge in [0, 0.05) is 43.8 Å². The SMILES string of the molecule is COC(=O)CN1CCN(Cc2ccc(COc3nccc(/C(C#N)=C4/Nc5ccccc5S4)n3)cc2)CC1. The second-order valence-corrected chi connectivity index (χ2v) is 10.0. The fourth-order valence-electron chi connectivity index (χ4n) is 4.30. The van der Waals surface area contributed by atoms with E-state index in [9.17, 15) is 10.1 Å². The van der Waals surface area contributed by atoms with E-state index < -0.39 is 0 Å². The summed E-state index contributed by atoms with van der Waals surface area (Å²) in [5.41, 5.74) is 4.18. The molecule has 1 aromatic heterocycles. The number of benzene rings is 2. The molecule has 0 bridgehead atoms. The molecule has 2 aliphatic rings. The first kappa shape index (κ1) is 25.7. The van der Waals surface area contributed by atoms with Gasteiger partial charge in [0.2, 0.25) is 0 Å². The summed E-state index contributed by atoms with van der Waals surface area (Å²) >= 11 is 1.52. The Bertz CT molecular complexity index is 1340. The lowest BCUT2D eigenvalue weighted by molar-refractivity contribution is -0.142. The van der Waals surface area contributed by atoms with Crippen molar-refractivity contribution in [2.45, 2.75) is 18.0 Å². The number of methoxy groups -OCH3 is 1. The summed E-state index contributed by atoms with van der Waals surface area (Å²) in [6.45, 7) is 5.07. The van der Waals surface area contributed by atoms with Crippen molar-refractivity contribution in [3.63, 3.8) is 0 Å². The molecule has 1 saturated heterocycles. The Balaban J connectivity index is 1.15. The molecule has 3 aromatic rings. The lowest BCUT2D eigenvalue weighted by atomic mass is 10.1. The Morgan fingerprint density at radius 3 is 2.53 bits per heavy atom. The Morgan fingerprint density at radius 1 is 1.05 bits per heavy atom. The van der Waals surface area contributed by atoms with Gasteiger partial charge >= 0.3 is 12.0 Å². The molecule has 194 valence electrons. The summed E-state index contributed by atoms with van der Waals surface area (Å²) in [5.74, 6) is -0.188. The zero-order valence-corrected chi connectivity index (χ0v) is 21.9. The molecule has 38 heavy (non-hydrogen) atoms. The second kappa shape index (κ2) is 12.1. The maximum absolute atomic E-state index is 11.5. The van der Waals surface area contributed by atoms with E-state index in [-0.39, 0.29) is 12.0 Å².